The average Bonchev–Trinajstić information content (AvgIpc) is 2.93. The Kier molecular flexibility index (Phi) is 4.11. The molecule has 2 aromatic heterocycles. The molecule has 3 rings (SSSR count). The average molecular weight is 311 g/mol. The summed E-state index contributed by atoms with van der Waals surface area (Å²) < 4.78 is 5.62. The molecule has 0 unspecified atom stereocenters. The summed E-state index contributed by atoms with van der Waals surface area (Å²) in [5, 5.41) is 3.35. The van der Waals surface area contributed by atoms with Gasteiger partial charge in [-0.2, -0.15) is 0 Å². The van der Waals surface area contributed by atoms with Gasteiger partial charge in [0.25, 0.3) is 5.91 Å². The number of aryl methyl sites for hydroxylation is 1. The van der Waals surface area contributed by atoms with Crippen LogP contribution in [-0.4, -0.2) is 15.9 Å². The van der Waals surface area contributed by atoms with Crippen molar-refractivity contribution < 1.29 is 9.53 Å². The Morgan fingerprint density at radius 2 is 2.09 bits per heavy atom. The van der Waals surface area contributed by atoms with Crippen LogP contribution in [0.5, 0.6) is 11.6 Å². The van der Waals surface area contributed by atoms with Gasteiger partial charge in [-0.15, -0.1) is 11.3 Å². The summed E-state index contributed by atoms with van der Waals surface area (Å²) in [7, 11) is 0. The van der Waals surface area contributed by atoms with E-state index in [9.17, 15) is 4.79 Å². The number of rotatable bonds is 4. The van der Waals surface area contributed by atoms with E-state index in [-0.39, 0.29) is 5.91 Å². The monoisotopic (exact) mass is 311 g/mol. The van der Waals surface area contributed by atoms with E-state index in [2.05, 4.69) is 15.3 Å². The first-order valence-corrected chi connectivity index (χ1v) is 7.45. The number of thiazole rings is 1. The van der Waals surface area contributed by atoms with Gasteiger partial charge in [0.05, 0.1) is 0 Å². The number of carbonyl (C=O) groups excluding carboxylic acids is 1. The molecule has 22 heavy (non-hydrogen) atoms. The topological polar surface area (TPSA) is 64.1 Å². The molecule has 3 aromatic rings. The van der Waals surface area contributed by atoms with Crippen molar-refractivity contribution in [3.63, 3.8) is 0 Å². The third-order valence-electron chi connectivity index (χ3n) is 2.80. The van der Waals surface area contributed by atoms with Gasteiger partial charge < -0.3 is 4.74 Å². The van der Waals surface area contributed by atoms with Gasteiger partial charge in [-0.25, -0.2) is 9.97 Å². The van der Waals surface area contributed by atoms with Crippen LogP contribution in [0, 0.1) is 6.92 Å². The molecule has 6 heteroatoms. The molecule has 1 N–H and O–H groups in total. The van der Waals surface area contributed by atoms with Gasteiger partial charge in [0.1, 0.15) is 5.75 Å². The number of carbonyl (C=O) groups is 1. The third kappa shape index (κ3) is 3.48. The summed E-state index contributed by atoms with van der Waals surface area (Å²) in [6, 6.07) is 12.3. The molecule has 110 valence electrons. The Bertz CT molecular complexity index is 787. The largest absolute Gasteiger partial charge is 0.439 e. The molecule has 0 atom stereocenters. The van der Waals surface area contributed by atoms with Crippen molar-refractivity contribution in [1.29, 1.82) is 0 Å². The lowest BCUT2D eigenvalue weighted by Gasteiger charge is -2.06. The molecule has 0 aliphatic heterocycles. The SMILES string of the molecule is Cc1cnc(NC(=O)c2cccc(Oc3ccccn3)c2)s1. The summed E-state index contributed by atoms with van der Waals surface area (Å²) >= 11 is 1.43. The summed E-state index contributed by atoms with van der Waals surface area (Å²) in [6.07, 6.45) is 3.37. The highest BCUT2D eigenvalue weighted by molar-refractivity contribution is 7.15. The van der Waals surface area contributed by atoms with E-state index in [1.165, 1.54) is 11.3 Å². The lowest BCUT2D eigenvalue weighted by atomic mass is 10.2. The molecule has 0 aliphatic carbocycles. The molecule has 2 heterocycles. The first kappa shape index (κ1) is 14.2. The zero-order valence-electron chi connectivity index (χ0n) is 11.8. The van der Waals surface area contributed by atoms with Gasteiger partial charge in [-0.1, -0.05) is 12.1 Å². The minimum atomic E-state index is -0.221. The number of benzene rings is 1. The van der Waals surface area contributed by atoms with Gasteiger partial charge in [0.2, 0.25) is 5.88 Å². The van der Waals surface area contributed by atoms with Crippen LogP contribution in [0.15, 0.2) is 54.9 Å². The maximum absolute atomic E-state index is 12.2. The minimum Gasteiger partial charge on any atom is -0.439 e. The highest BCUT2D eigenvalue weighted by Gasteiger charge is 2.09. The van der Waals surface area contributed by atoms with E-state index in [1.807, 2.05) is 19.1 Å². The second-order valence-electron chi connectivity index (χ2n) is 4.53. The maximum Gasteiger partial charge on any atom is 0.257 e. The highest BCUT2D eigenvalue weighted by Crippen LogP contribution is 2.22. The van der Waals surface area contributed by atoms with Crippen LogP contribution in [0.25, 0.3) is 0 Å². The fourth-order valence-corrected chi connectivity index (χ4v) is 2.47. The number of aromatic nitrogens is 2. The van der Waals surface area contributed by atoms with Gasteiger partial charge in [-0.05, 0) is 31.2 Å². The number of anilines is 1. The Morgan fingerprint density at radius 3 is 2.82 bits per heavy atom. The smallest absolute Gasteiger partial charge is 0.257 e. The second-order valence-corrected chi connectivity index (χ2v) is 5.76. The Hall–Kier alpha value is -2.73. The minimum absolute atomic E-state index is 0.221. The fraction of sp³-hybridized carbons (Fsp3) is 0.0625. The number of pyridine rings is 1. The highest BCUT2D eigenvalue weighted by atomic mass is 32.1. The van der Waals surface area contributed by atoms with E-state index in [0.717, 1.165) is 4.88 Å². The van der Waals surface area contributed by atoms with Crippen molar-refractivity contribution in [2.24, 2.45) is 0 Å². The number of nitrogens with one attached hydrogen (secondary N) is 1. The molecular formula is C16H13N3O2S. The zero-order valence-corrected chi connectivity index (χ0v) is 12.6. The predicted molar refractivity (Wildman–Crippen MR) is 85.6 cm³/mol. The molecule has 0 saturated carbocycles. The normalized spacial score (nSPS) is 10.2. The van der Waals surface area contributed by atoms with Gasteiger partial charge in [-0.3, -0.25) is 10.1 Å². The van der Waals surface area contributed by atoms with E-state index in [4.69, 9.17) is 4.74 Å². The number of hydrogen-bond acceptors (Lipinski definition) is 5. The molecule has 1 aromatic carbocycles. The van der Waals surface area contributed by atoms with Crippen LogP contribution < -0.4 is 10.1 Å². The van der Waals surface area contributed by atoms with Crippen LogP contribution in [0.3, 0.4) is 0 Å². The van der Waals surface area contributed by atoms with Gasteiger partial charge in [0.15, 0.2) is 5.13 Å². The fourth-order valence-electron chi connectivity index (χ4n) is 1.81. The number of hydrogen-bond donors (Lipinski definition) is 1. The molecule has 5 nitrogen and oxygen atoms in total. The molecule has 0 saturated heterocycles. The van der Waals surface area contributed by atoms with Crippen molar-refractivity contribution >= 4 is 22.4 Å². The molecule has 0 radical (unpaired) electrons. The third-order valence-corrected chi connectivity index (χ3v) is 3.63. The summed E-state index contributed by atoms with van der Waals surface area (Å²) in [6.45, 7) is 1.94. The van der Waals surface area contributed by atoms with Crippen LogP contribution in [-0.2, 0) is 0 Å². The lowest BCUT2D eigenvalue weighted by molar-refractivity contribution is 0.102. The lowest BCUT2D eigenvalue weighted by Crippen LogP contribution is -2.11. The molecular weight excluding hydrogens is 298 g/mol. The molecule has 0 aliphatic rings. The van der Waals surface area contributed by atoms with Crippen LogP contribution in [0.1, 0.15) is 15.2 Å². The van der Waals surface area contributed by atoms with E-state index in [0.29, 0.717) is 22.3 Å². The van der Waals surface area contributed by atoms with E-state index in [1.54, 1.807) is 42.7 Å². The summed E-state index contributed by atoms with van der Waals surface area (Å²) in [5.74, 6) is 0.818. The standard InChI is InChI=1S/C16H13N3O2S/c1-11-10-18-16(22-11)19-15(20)12-5-4-6-13(9-12)21-14-7-2-3-8-17-14/h2-10H,1H3,(H,18,19,20). The van der Waals surface area contributed by atoms with Crippen LogP contribution >= 0.6 is 11.3 Å². The summed E-state index contributed by atoms with van der Waals surface area (Å²) in [4.78, 5) is 21.5. The molecule has 1 amide bonds. The van der Waals surface area contributed by atoms with Crippen LogP contribution in [0.2, 0.25) is 0 Å². The zero-order chi connectivity index (χ0) is 15.4. The van der Waals surface area contributed by atoms with Crippen molar-refractivity contribution in [3.05, 3.63) is 65.3 Å². The van der Waals surface area contributed by atoms with Crippen molar-refractivity contribution in [2.45, 2.75) is 6.92 Å². The van der Waals surface area contributed by atoms with E-state index >= 15 is 0 Å². The second kappa shape index (κ2) is 6.36. The molecule has 0 bridgehead atoms. The maximum atomic E-state index is 12.2. The molecule has 0 spiro atoms. The van der Waals surface area contributed by atoms with Crippen molar-refractivity contribution in [1.82, 2.24) is 9.97 Å². The first-order valence-electron chi connectivity index (χ1n) is 6.63. The Balaban J connectivity index is 1.74. The Morgan fingerprint density at radius 1 is 1.18 bits per heavy atom. The predicted octanol–water partition coefficient (Wildman–Crippen LogP) is 3.89. The van der Waals surface area contributed by atoms with Crippen molar-refractivity contribution in [2.75, 3.05) is 5.32 Å². The van der Waals surface area contributed by atoms with Gasteiger partial charge >= 0.3 is 0 Å². The number of ether oxygens (including phenoxy) is 1. The Labute approximate surface area is 131 Å². The molecule has 0 fully saturated rings. The van der Waals surface area contributed by atoms with Crippen molar-refractivity contribution in [3.8, 4) is 11.6 Å². The first-order chi connectivity index (χ1) is 10.7. The van der Waals surface area contributed by atoms with Crippen LogP contribution in [0.4, 0.5) is 5.13 Å². The van der Waals surface area contributed by atoms with E-state index < -0.39 is 0 Å². The van der Waals surface area contributed by atoms with Gasteiger partial charge in [0, 0.05) is 28.9 Å². The number of nitrogens with zero attached hydrogens (tertiary/aromatic N) is 2. The summed E-state index contributed by atoms with van der Waals surface area (Å²) in [5.41, 5.74) is 0.501. The quantitative estimate of drug-likeness (QED) is 0.794. The number of amides is 1.